The van der Waals surface area contributed by atoms with Gasteiger partial charge < -0.3 is 9.67 Å². The third kappa shape index (κ3) is 2.48. The average Bonchev–Trinajstić information content (AvgIpc) is 3.04. The molecule has 2 aromatic rings. The van der Waals surface area contributed by atoms with Crippen molar-refractivity contribution in [3.8, 4) is 11.3 Å². The number of fused-ring (bicyclic) bond motifs is 3. The van der Waals surface area contributed by atoms with Crippen molar-refractivity contribution in [1.82, 2.24) is 9.55 Å². The SMILES string of the molecule is CC(C)C[C@H](C1c2ccccc2-c2cncn21)[C@H](O)C(C)C. The van der Waals surface area contributed by atoms with Crippen molar-refractivity contribution < 1.29 is 5.11 Å². The summed E-state index contributed by atoms with van der Waals surface area (Å²) >= 11 is 0. The Labute approximate surface area is 133 Å². The van der Waals surface area contributed by atoms with Crippen LogP contribution in [-0.2, 0) is 0 Å². The highest BCUT2D eigenvalue weighted by Crippen LogP contribution is 2.46. The molecule has 3 heteroatoms. The van der Waals surface area contributed by atoms with Gasteiger partial charge in [-0.1, -0.05) is 52.0 Å². The Hall–Kier alpha value is -1.61. The molecule has 0 bridgehead atoms. The van der Waals surface area contributed by atoms with Gasteiger partial charge in [0.15, 0.2) is 0 Å². The second-order valence-electron chi connectivity index (χ2n) is 7.25. The van der Waals surface area contributed by atoms with Crippen molar-refractivity contribution in [1.29, 1.82) is 0 Å². The zero-order chi connectivity index (χ0) is 15.9. The lowest BCUT2D eigenvalue weighted by Crippen LogP contribution is -2.34. The summed E-state index contributed by atoms with van der Waals surface area (Å²) in [7, 11) is 0. The number of benzene rings is 1. The molecule has 1 N–H and O–H groups in total. The predicted octanol–water partition coefficient (Wildman–Crippen LogP) is 4.13. The normalized spacial score (nSPS) is 19.3. The summed E-state index contributed by atoms with van der Waals surface area (Å²) < 4.78 is 2.25. The Bertz CT molecular complexity index is 644. The molecule has 0 amide bonds. The van der Waals surface area contributed by atoms with Crippen molar-refractivity contribution in [2.24, 2.45) is 17.8 Å². The molecule has 1 unspecified atom stereocenters. The summed E-state index contributed by atoms with van der Waals surface area (Å²) in [6.07, 6.45) is 4.55. The predicted molar refractivity (Wildman–Crippen MR) is 89.6 cm³/mol. The van der Waals surface area contributed by atoms with E-state index in [0.29, 0.717) is 5.92 Å². The van der Waals surface area contributed by atoms with Crippen molar-refractivity contribution in [3.05, 3.63) is 42.4 Å². The first-order valence-electron chi connectivity index (χ1n) is 8.30. The van der Waals surface area contributed by atoms with E-state index in [1.54, 1.807) is 0 Å². The zero-order valence-corrected chi connectivity index (χ0v) is 13.9. The van der Waals surface area contributed by atoms with Gasteiger partial charge in [0.2, 0.25) is 0 Å². The lowest BCUT2D eigenvalue weighted by molar-refractivity contribution is 0.0364. The Balaban J connectivity index is 2.08. The highest BCUT2D eigenvalue weighted by atomic mass is 16.3. The smallest absolute Gasteiger partial charge is 0.0956 e. The molecule has 0 saturated carbocycles. The van der Waals surface area contributed by atoms with Crippen LogP contribution >= 0.6 is 0 Å². The molecule has 2 heterocycles. The molecule has 3 atom stereocenters. The van der Waals surface area contributed by atoms with E-state index in [9.17, 15) is 5.11 Å². The first kappa shape index (κ1) is 15.3. The van der Waals surface area contributed by atoms with E-state index >= 15 is 0 Å². The van der Waals surface area contributed by atoms with Gasteiger partial charge >= 0.3 is 0 Å². The average molecular weight is 298 g/mol. The van der Waals surface area contributed by atoms with Gasteiger partial charge in [-0.2, -0.15) is 0 Å². The fourth-order valence-electron chi connectivity index (χ4n) is 3.80. The van der Waals surface area contributed by atoms with Crippen LogP contribution in [0.5, 0.6) is 0 Å². The minimum atomic E-state index is -0.311. The van der Waals surface area contributed by atoms with Gasteiger partial charge in [-0.3, -0.25) is 0 Å². The molecule has 3 rings (SSSR count). The van der Waals surface area contributed by atoms with Gasteiger partial charge in [0.1, 0.15) is 0 Å². The van der Waals surface area contributed by atoms with Crippen molar-refractivity contribution in [2.45, 2.75) is 46.3 Å². The van der Waals surface area contributed by atoms with Crippen LogP contribution in [0.1, 0.15) is 45.7 Å². The summed E-state index contributed by atoms with van der Waals surface area (Å²) in [6, 6.07) is 8.73. The summed E-state index contributed by atoms with van der Waals surface area (Å²) in [5.41, 5.74) is 3.75. The number of hydrogen-bond acceptors (Lipinski definition) is 2. The van der Waals surface area contributed by atoms with Gasteiger partial charge in [-0.25, -0.2) is 4.98 Å². The zero-order valence-electron chi connectivity index (χ0n) is 13.9. The standard InChI is InChI=1S/C19H26N2O/c1-12(2)9-16(19(22)13(3)4)18-15-8-6-5-7-14(15)17-10-20-11-21(17)18/h5-8,10-13,16,18-19,22H,9H2,1-4H3/t16-,18?,19-/m1/s1. The van der Waals surface area contributed by atoms with Crippen LogP contribution in [0, 0.1) is 17.8 Å². The van der Waals surface area contributed by atoms with E-state index in [1.165, 1.54) is 16.8 Å². The Morgan fingerprint density at radius 3 is 2.59 bits per heavy atom. The molecule has 3 nitrogen and oxygen atoms in total. The quantitative estimate of drug-likeness (QED) is 0.901. The number of nitrogens with zero attached hydrogens (tertiary/aromatic N) is 2. The Kier molecular flexibility index (Phi) is 4.09. The fourth-order valence-corrected chi connectivity index (χ4v) is 3.80. The lowest BCUT2D eigenvalue weighted by Gasteiger charge is -2.33. The van der Waals surface area contributed by atoms with Gasteiger partial charge in [0, 0.05) is 11.5 Å². The first-order valence-corrected chi connectivity index (χ1v) is 8.30. The Morgan fingerprint density at radius 1 is 1.18 bits per heavy atom. The topological polar surface area (TPSA) is 38.0 Å². The molecule has 1 aliphatic rings. The minimum absolute atomic E-state index is 0.188. The molecular formula is C19H26N2O. The van der Waals surface area contributed by atoms with Gasteiger partial charge in [0.05, 0.1) is 30.4 Å². The number of rotatable bonds is 5. The van der Waals surface area contributed by atoms with Crippen LogP contribution in [0.15, 0.2) is 36.8 Å². The molecule has 1 aromatic heterocycles. The molecule has 1 aliphatic heterocycles. The van der Waals surface area contributed by atoms with E-state index in [1.807, 2.05) is 12.5 Å². The summed E-state index contributed by atoms with van der Waals surface area (Å²) in [4.78, 5) is 4.34. The third-order valence-electron chi connectivity index (χ3n) is 4.79. The van der Waals surface area contributed by atoms with Crippen LogP contribution in [-0.4, -0.2) is 20.8 Å². The number of aromatic nitrogens is 2. The van der Waals surface area contributed by atoms with E-state index in [-0.39, 0.29) is 24.0 Å². The first-order chi connectivity index (χ1) is 10.5. The molecule has 118 valence electrons. The van der Waals surface area contributed by atoms with Gasteiger partial charge in [0.25, 0.3) is 0 Å². The van der Waals surface area contributed by atoms with Crippen LogP contribution < -0.4 is 0 Å². The van der Waals surface area contributed by atoms with Crippen molar-refractivity contribution >= 4 is 0 Å². The number of aliphatic hydroxyl groups excluding tert-OH is 1. The summed E-state index contributed by atoms with van der Waals surface area (Å²) in [6.45, 7) is 8.67. The van der Waals surface area contributed by atoms with E-state index in [2.05, 4.69) is 61.5 Å². The molecule has 1 aromatic carbocycles. The minimum Gasteiger partial charge on any atom is -0.392 e. The molecule has 0 spiro atoms. The summed E-state index contributed by atoms with van der Waals surface area (Å²) in [5.74, 6) is 1.01. The molecule has 0 radical (unpaired) electrons. The van der Waals surface area contributed by atoms with Crippen LogP contribution in [0.3, 0.4) is 0 Å². The number of imidazole rings is 1. The largest absolute Gasteiger partial charge is 0.392 e. The van der Waals surface area contributed by atoms with E-state index < -0.39 is 0 Å². The monoisotopic (exact) mass is 298 g/mol. The van der Waals surface area contributed by atoms with Crippen molar-refractivity contribution in [3.63, 3.8) is 0 Å². The summed E-state index contributed by atoms with van der Waals surface area (Å²) in [5, 5.41) is 10.9. The lowest BCUT2D eigenvalue weighted by atomic mass is 9.79. The number of hydrogen-bond donors (Lipinski definition) is 1. The van der Waals surface area contributed by atoms with Crippen LogP contribution in [0.4, 0.5) is 0 Å². The van der Waals surface area contributed by atoms with Crippen LogP contribution in [0.2, 0.25) is 0 Å². The third-order valence-corrected chi connectivity index (χ3v) is 4.79. The molecule has 22 heavy (non-hydrogen) atoms. The number of aliphatic hydroxyl groups is 1. The van der Waals surface area contributed by atoms with Gasteiger partial charge in [-0.05, 0) is 23.8 Å². The van der Waals surface area contributed by atoms with E-state index in [0.717, 1.165) is 6.42 Å². The highest BCUT2D eigenvalue weighted by Gasteiger charge is 2.38. The molecule has 0 saturated heterocycles. The fraction of sp³-hybridized carbons (Fsp3) is 0.526. The van der Waals surface area contributed by atoms with Gasteiger partial charge in [-0.15, -0.1) is 0 Å². The molecule has 0 fully saturated rings. The van der Waals surface area contributed by atoms with Crippen LogP contribution in [0.25, 0.3) is 11.3 Å². The Morgan fingerprint density at radius 2 is 1.91 bits per heavy atom. The van der Waals surface area contributed by atoms with Crippen molar-refractivity contribution in [2.75, 3.05) is 0 Å². The molecular weight excluding hydrogens is 272 g/mol. The second-order valence-corrected chi connectivity index (χ2v) is 7.25. The highest BCUT2D eigenvalue weighted by molar-refractivity contribution is 5.69. The maximum atomic E-state index is 10.9. The maximum absolute atomic E-state index is 10.9. The second kappa shape index (κ2) is 5.88. The molecule has 0 aliphatic carbocycles. The van der Waals surface area contributed by atoms with E-state index in [4.69, 9.17) is 0 Å². The maximum Gasteiger partial charge on any atom is 0.0956 e.